The van der Waals surface area contributed by atoms with E-state index in [4.69, 9.17) is 10.5 Å². The van der Waals surface area contributed by atoms with Crippen molar-refractivity contribution in [2.24, 2.45) is 5.73 Å². The Labute approximate surface area is 104 Å². The number of methoxy groups -OCH3 is 1. The normalized spacial score (nSPS) is 12.4. The number of benzene rings is 1. The fourth-order valence-corrected chi connectivity index (χ4v) is 2.52. The molecule has 1 heterocycles. The Morgan fingerprint density at radius 2 is 2.24 bits per heavy atom. The molecule has 2 N–H and O–H groups in total. The molecule has 0 saturated carbocycles. The molecule has 90 valence electrons. The van der Waals surface area contributed by atoms with Gasteiger partial charge in [0.05, 0.1) is 7.11 Å². The highest BCUT2D eigenvalue weighted by atomic mass is 32.1. The third-order valence-corrected chi connectivity index (χ3v) is 3.49. The quantitative estimate of drug-likeness (QED) is 0.906. The van der Waals surface area contributed by atoms with Crippen molar-refractivity contribution in [1.29, 1.82) is 0 Å². The van der Waals surface area contributed by atoms with E-state index in [1.54, 1.807) is 24.5 Å². The molecule has 1 atom stereocenters. The third kappa shape index (κ3) is 2.84. The molecule has 2 rings (SSSR count). The molecule has 4 heteroatoms. The van der Waals surface area contributed by atoms with Crippen LogP contribution >= 0.6 is 11.3 Å². The summed E-state index contributed by atoms with van der Waals surface area (Å²) in [4.78, 5) is 1.18. The van der Waals surface area contributed by atoms with Crippen LogP contribution in [0.2, 0.25) is 0 Å². The minimum Gasteiger partial charge on any atom is -0.496 e. The molecule has 0 fully saturated rings. The molecular formula is C13H14FNOS. The summed E-state index contributed by atoms with van der Waals surface area (Å²) in [5.41, 5.74) is 6.80. The SMILES string of the molecule is COc1ccc(F)cc1C(N)Cc1cccs1. The van der Waals surface area contributed by atoms with Gasteiger partial charge in [-0.2, -0.15) is 0 Å². The van der Waals surface area contributed by atoms with Crippen molar-refractivity contribution in [3.8, 4) is 5.75 Å². The Morgan fingerprint density at radius 3 is 2.88 bits per heavy atom. The predicted octanol–water partition coefficient (Wildman–Crippen LogP) is 3.14. The summed E-state index contributed by atoms with van der Waals surface area (Å²) in [5.74, 6) is 0.345. The molecule has 0 amide bonds. The second kappa shape index (κ2) is 5.29. The maximum atomic E-state index is 13.2. The first-order chi connectivity index (χ1) is 8.20. The Hall–Kier alpha value is -1.39. The van der Waals surface area contributed by atoms with Gasteiger partial charge in [-0.1, -0.05) is 6.07 Å². The van der Waals surface area contributed by atoms with Gasteiger partial charge in [0.1, 0.15) is 11.6 Å². The van der Waals surface area contributed by atoms with Crippen molar-refractivity contribution < 1.29 is 9.13 Å². The number of thiophene rings is 1. The molecule has 2 aromatic rings. The van der Waals surface area contributed by atoms with Crippen LogP contribution in [0.3, 0.4) is 0 Å². The molecule has 0 radical (unpaired) electrons. The largest absolute Gasteiger partial charge is 0.496 e. The van der Waals surface area contributed by atoms with Crippen LogP contribution in [-0.4, -0.2) is 7.11 Å². The van der Waals surface area contributed by atoms with Gasteiger partial charge in [-0.25, -0.2) is 4.39 Å². The van der Waals surface area contributed by atoms with Gasteiger partial charge in [0.15, 0.2) is 0 Å². The molecule has 17 heavy (non-hydrogen) atoms. The highest BCUT2D eigenvalue weighted by molar-refractivity contribution is 7.09. The van der Waals surface area contributed by atoms with Gasteiger partial charge in [0.2, 0.25) is 0 Å². The molecule has 0 aliphatic heterocycles. The van der Waals surface area contributed by atoms with Crippen molar-refractivity contribution in [3.63, 3.8) is 0 Å². The zero-order valence-corrected chi connectivity index (χ0v) is 10.3. The van der Waals surface area contributed by atoms with E-state index in [1.165, 1.54) is 17.0 Å². The van der Waals surface area contributed by atoms with E-state index in [9.17, 15) is 4.39 Å². The third-order valence-electron chi connectivity index (χ3n) is 2.59. The fraction of sp³-hybridized carbons (Fsp3) is 0.231. The van der Waals surface area contributed by atoms with Crippen molar-refractivity contribution in [3.05, 3.63) is 52.0 Å². The minimum absolute atomic E-state index is 0.251. The summed E-state index contributed by atoms with van der Waals surface area (Å²) in [6.07, 6.45) is 0.692. The van der Waals surface area contributed by atoms with Crippen LogP contribution in [0.25, 0.3) is 0 Å². The van der Waals surface area contributed by atoms with Crippen molar-refractivity contribution in [2.75, 3.05) is 7.11 Å². The standard InChI is InChI=1S/C13H14FNOS/c1-16-13-5-4-9(14)7-11(13)12(15)8-10-3-2-6-17-10/h2-7,12H,8,15H2,1H3. The Bertz CT molecular complexity index is 484. The van der Waals surface area contributed by atoms with Gasteiger partial charge in [-0.05, 0) is 29.6 Å². The van der Waals surface area contributed by atoms with Crippen molar-refractivity contribution >= 4 is 11.3 Å². The molecule has 2 nitrogen and oxygen atoms in total. The Morgan fingerprint density at radius 1 is 1.41 bits per heavy atom. The number of ether oxygens (including phenoxy) is 1. The van der Waals surface area contributed by atoms with Gasteiger partial charge < -0.3 is 10.5 Å². The Balaban J connectivity index is 2.23. The second-order valence-electron chi connectivity index (χ2n) is 3.78. The maximum Gasteiger partial charge on any atom is 0.123 e. The van der Waals surface area contributed by atoms with Crippen LogP contribution in [0.4, 0.5) is 4.39 Å². The van der Waals surface area contributed by atoms with Gasteiger partial charge >= 0.3 is 0 Å². The van der Waals surface area contributed by atoms with E-state index in [0.29, 0.717) is 17.7 Å². The number of rotatable bonds is 4. The van der Waals surface area contributed by atoms with Gasteiger partial charge in [0.25, 0.3) is 0 Å². The van der Waals surface area contributed by atoms with Crippen LogP contribution in [-0.2, 0) is 6.42 Å². The van der Waals surface area contributed by atoms with E-state index in [2.05, 4.69) is 0 Å². The minimum atomic E-state index is -0.289. The maximum absolute atomic E-state index is 13.2. The number of nitrogens with two attached hydrogens (primary N) is 1. The van der Waals surface area contributed by atoms with Crippen LogP contribution in [0.5, 0.6) is 5.75 Å². The molecule has 0 saturated heterocycles. The highest BCUT2D eigenvalue weighted by Gasteiger charge is 2.14. The zero-order chi connectivity index (χ0) is 12.3. The summed E-state index contributed by atoms with van der Waals surface area (Å²) in [6, 6.07) is 8.18. The lowest BCUT2D eigenvalue weighted by Crippen LogP contribution is -2.14. The van der Waals surface area contributed by atoms with Gasteiger partial charge in [0, 0.05) is 22.9 Å². The second-order valence-corrected chi connectivity index (χ2v) is 4.81. The molecule has 0 aliphatic carbocycles. The van der Waals surface area contributed by atoms with Crippen molar-refractivity contribution in [1.82, 2.24) is 0 Å². The molecular weight excluding hydrogens is 237 g/mol. The van der Waals surface area contributed by atoms with Gasteiger partial charge in [-0.3, -0.25) is 0 Å². The lowest BCUT2D eigenvalue weighted by Gasteiger charge is -2.15. The van der Waals surface area contributed by atoms with E-state index in [-0.39, 0.29) is 11.9 Å². The first-order valence-electron chi connectivity index (χ1n) is 5.32. The van der Waals surface area contributed by atoms with E-state index < -0.39 is 0 Å². The average molecular weight is 251 g/mol. The molecule has 0 bridgehead atoms. The number of halogens is 1. The molecule has 1 aromatic carbocycles. The predicted molar refractivity (Wildman–Crippen MR) is 67.9 cm³/mol. The number of hydrogen-bond donors (Lipinski definition) is 1. The molecule has 1 unspecified atom stereocenters. The summed E-state index contributed by atoms with van der Waals surface area (Å²) >= 11 is 1.65. The zero-order valence-electron chi connectivity index (χ0n) is 9.52. The number of hydrogen-bond acceptors (Lipinski definition) is 3. The monoisotopic (exact) mass is 251 g/mol. The topological polar surface area (TPSA) is 35.2 Å². The molecule has 0 aliphatic rings. The van der Waals surface area contributed by atoms with Gasteiger partial charge in [-0.15, -0.1) is 11.3 Å². The van der Waals surface area contributed by atoms with Crippen molar-refractivity contribution in [2.45, 2.75) is 12.5 Å². The van der Waals surface area contributed by atoms with E-state index in [0.717, 1.165) is 0 Å². The Kier molecular flexibility index (Phi) is 3.76. The smallest absolute Gasteiger partial charge is 0.123 e. The molecule has 1 aromatic heterocycles. The van der Waals surface area contributed by atoms with Crippen LogP contribution in [0, 0.1) is 5.82 Å². The highest BCUT2D eigenvalue weighted by Crippen LogP contribution is 2.27. The van der Waals surface area contributed by atoms with E-state index in [1.807, 2.05) is 17.5 Å². The van der Waals surface area contributed by atoms with Crippen LogP contribution < -0.4 is 10.5 Å². The first-order valence-corrected chi connectivity index (χ1v) is 6.20. The molecule has 0 spiro atoms. The van der Waals surface area contributed by atoms with Crippen LogP contribution in [0.15, 0.2) is 35.7 Å². The summed E-state index contributed by atoms with van der Waals surface area (Å²) < 4.78 is 18.4. The lowest BCUT2D eigenvalue weighted by atomic mass is 10.0. The first kappa shape index (κ1) is 12.1. The van der Waals surface area contributed by atoms with Crippen LogP contribution in [0.1, 0.15) is 16.5 Å². The summed E-state index contributed by atoms with van der Waals surface area (Å²) in [7, 11) is 1.56. The summed E-state index contributed by atoms with van der Waals surface area (Å²) in [6.45, 7) is 0. The lowest BCUT2D eigenvalue weighted by molar-refractivity contribution is 0.404. The van der Waals surface area contributed by atoms with E-state index >= 15 is 0 Å². The average Bonchev–Trinajstić information content (AvgIpc) is 2.81. The fourth-order valence-electron chi connectivity index (χ4n) is 1.75. The summed E-state index contributed by atoms with van der Waals surface area (Å²) in [5, 5.41) is 2.00.